The lowest BCUT2D eigenvalue weighted by molar-refractivity contribution is 0.0704. The number of thiophene rings is 1. The van der Waals surface area contributed by atoms with E-state index in [1.165, 1.54) is 43.4 Å². The van der Waals surface area contributed by atoms with Crippen LogP contribution in [0.25, 0.3) is 10.8 Å². The van der Waals surface area contributed by atoms with Crippen LogP contribution in [0.15, 0.2) is 24.3 Å². The highest BCUT2D eigenvalue weighted by molar-refractivity contribution is 7.17. The highest BCUT2D eigenvalue weighted by atomic mass is 32.1. The van der Waals surface area contributed by atoms with Crippen molar-refractivity contribution >= 4 is 28.1 Å². The number of rotatable bonds is 9. The van der Waals surface area contributed by atoms with Crippen molar-refractivity contribution in [1.82, 2.24) is 0 Å². The SMILES string of the molecule is CCCCCCCCOc1sc(C(=O)O)c2ccccc12. The van der Waals surface area contributed by atoms with Crippen molar-refractivity contribution < 1.29 is 14.6 Å². The number of benzene rings is 1. The predicted molar refractivity (Wildman–Crippen MR) is 87.7 cm³/mol. The van der Waals surface area contributed by atoms with Gasteiger partial charge in [-0.15, -0.1) is 0 Å². The maximum absolute atomic E-state index is 11.3. The maximum atomic E-state index is 11.3. The normalized spacial score (nSPS) is 10.9. The van der Waals surface area contributed by atoms with Crippen LogP contribution in [0.1, 0.15) is 55.1 Å². The number of ether oxygens (including phenoxy) is 1. The molecule has 2 aromatic rings. The summed E-state index contributed by atoms with van der Waals surface area (Å²) in [6, 6.07) is 7.54. The molecule has 0 aliphatic carbocycles. The van der Waals surface area contributed by atoms with E-state index in [1.54, 1.807) is 0 Å². The van der Waals surface area contributed by atoms with Crippen LogP contribution in [0.2, 0.25) is 0 Å². The molecule has 1 aromatic carbocycles. The highest BCUT2D eigenvalue weighted by Crippen LogP contribution is 2.37. The van der Waals surface area contributed by atoms with Gasteiger partial charge in [-0.2, -0.15) is 0 Å². The zero-order chi connectivity index (χ0) is 15.1. The highest BCUT2D eigenvalue weighted by Gasteiger charge is 2.16. The second kappa shape index (κ2) is 8.03. The van der Waals surface area contributed by atoms with Gasteiger partial charge in [-0.1, -0.05) is 68.6 Å². The second-order valence-electron chi connectivity index (χ2n) is 5.19. The van der Waals surface area contributed by atoms with Crippen LogP contribution < -0.4 is 4.74 Å². The predicted octanol–water partition coefficient (Wildman–Crippen LogP) is 5.34. The number of carbonyl (C=O) groups is 1. The molecule has 0 saturated heterocycles. The molecule has 0 aliphatic heterocycles. The summed E-state index contributed by atoms with van der Waals surface area (Å²) in [5, 5.41) is 11.7. The third-order valence-electron chi connectivity index (χ3n) is 3.51. The molecule has 0 atom stereocenters. The minimum atomic E-state index is -0.884. The standard InChI is InChI=1S/C17H22O3S/c1-2-3-4-5-6-9-12-20-17-14-11-8-7-10-13(14)15(21-17)16(18)19/h7-8,10-11H,2-6,9,12H2,1H3,(H,18,19). The number of carboxylic acids is 1. The van der Waals surface area contributed by atoms with E-state index in [1.807, 2.05) is 24.3 Å². The molecule has 0 bridgehead atoms. The monoisotopic (exact) mass is 306 g/mol. The number of hydrogen-bond donors (Lipinski definition) is 1. The summed E-state index contributed by atoms with van der Waals surface area (Å²) in [4.78, 5) is 11.6. The van der Waals surface area contributed by atoms with Crippen molar-refractivity contribution in [2.45, 2.75) is 45.4 Å². The molecule has 1 N–H and O–H groups in total. The van der Waals surface area contributed by atoms with Crippen LogP contribution in [-0.4, -0.2) is 17.7 Å². The van der Waals surface area contributed by atoms with E-state index in [-0.39, 0.29) is 0 Å². The summed E-state index contributed by atoms with van der Waals surface area (Å²) >= 11 is 1.23. The Kier molecular flexibility index (Phi) is 6.05. The molecule has 0 radical (unpaired) electrons. The average Bonchev–Trinajstić information content (AvgIpc) is 2.86. The molecule has 3 nitrogen and oxygen atoms in total. The molecule has 0 amide bonds. The Balaban J connectivity index is 1.92. The van der Waals surface area contributed by atoms with Gasteiger partial charge >= 0.3 is 5.97 Å². The fourth-order valence-electron chi connectivity index (χ4n) is 2.38. The molecular weight excluding hydrogens is 284 g/mol. The van der Waals surface area contributed by atoms with Gasteiger partial charge in [0.05, 0.1) is 6.61 Å². The molecule has 21 heavy (non-hydrogen) atoms. The third kappa shape index (κ3) is 4.21. The fraction of sp³-hybridized carbons (Fsp3) is 0.471. The summed E-state index contributed by atoms with van der Waals surface area (Å²) < 4.78 is 5.81. The first-order chi connectivity index (χ1) is 10.2. The third-order valence-corrected chi connectivity index (χ3v) is 4.63. The van der Waals surface area contributed by atoms with Gasteiger partial charge < -0.3 is 9.84 Å². The van der Waals surface area contributed by atoms with Gasteiger partial charge in [0.1, 0.15) is 4.88 Å². The van der Waals surface area contributed by atoms with E-state index >= 15 is 0 Å². The zero-order valence-electron chi connectivity index (χ0n) is 12.4. The summed E-state index contributed by atoms with van der Waals surface area (Å²) in [6.07, 6.45) is 7.31. The van der Waals surface area contributed by atoms with E-state index in [0.717, 1.165) is 22.3 Å². The Labute approximate surface area is 129 Å². The number of aromatic carboxylic acids is 1. The van der Waals surface area contributed by atoms with Crippen LogP contribution in [-0.2, 0) is 0 Å². The minimum Gasteiger partial charge on any atom is -0.483 e. The van der Waals surface area contributed by atoms with E-state index in [4.69, 9.17) is 4.74 Å². The maximum Gasteiger partial charge on any atom is 0.346 e. The first kappa shape index (κ1) is 15.8. The zero-order valence-corrected chi connectivity index (χ0v) is 13.2. The van der Waals surface area contributed by atoms with E-state index in [9.17, 15) is 9.90 Å². The lowest BCUT2D eigenvalue weighted by atomic mass is 10.1. The van der Waals surface area contributed by atoms with Crippen LogP contribution in [0.5, 0.6) is 5.06 Å². The molecule has 0 spiro atoms. The Hall–Kier alpha value is -1.55. The summed E-state index contributed by atoms with van der Waals surface area (Å²) in [5.41, 5.74) is 0. The van der Waals surface area contributed by atoms with Crippen molar-refractivity contribution in [3.63, 3.8) is 0 Å². The van der Waals surface area contributed by atoms with Crippen LogP contribution >= 0.6 is 11.3 Å². The molecule has 0 saturated carbocycles. The van der Waals surface area contributed by atoms with Crippen molar-refractivity contribution in [1.29, 1.82) is 0 Å². The van der Waals surface area contributed by atoms with Crippen LogP contribution in [0, 0.1) is 0 Å². The van der Waals surface area contributed by atoms with Crippen molar-refractivity contribution in [3.05, 3.63) is 29.1 Å². The van der Waals surface area contributed by atoms with Crippen LogP contribution in [0.4, 0.5) is 0 Å². The lowest BCUT2D eigenvalue weighted by Gasteiger charge is -2.04. The Morgan fingerprint density at radius 3 is 2.48 bits per heavy atom. The molecule has 114 valence electrons. The minimum absolute atomic E-state index is 0.364. The number of unbranched alkanes of at least 4 members (excludes halogenated alkanes) is 5. The van der Waals surface area contributed by atoms with Crippen LogP contribution in [0.3, 0.4) is 0 Å². The molecule has 2 rings (SSSR count). The first-order valence-corrected chi connectivity index (χ1v) is 8.43. The van der Waals surface area contributed by atoms with Gasteiger partial charge in [0.15, 0.2) is 5.06 Å². The van der Waals surface area contributed by atoms with Gasteiger partial charge in [-0.25, -0.2) is 4.79 Å². The number of hydrogen-bond acceptors (Lipinski definition) is 3. The first-order valence-electron chi connectivity index (χ1n) is 7.61. The van der Waals surface area contributed by atoms with E-state index in [0.29, 0.717) is 11.5 Å². The number of carboxylic acid groups (broad SMARTS) is 1. The van der Waals surface area contributed by atoms with Gasteiger partial charge in [0.2, 0.25) is 0 Å². The van der Waals surface area contributed by atoms with E-state index < -0.39 is 5.97 Å². The smallest absolute Gasteiger partial charge is 0.346 e. The van der Waals surface area contributed by atoms with Crippen molar-refractivity contribution in [2.75, 3.05) is 6.61 Å². The Morgan fingerprint density at radius 1 is 1.10 bits per heavy atom. The molecule has 0 fully saturated rings. The summed E-state index contributed by atoms with van der Waals surface area (Å²) in [6.45, 7) is 2.88. The van der Waals surface area contributed by atoms with Gasteiger partial charge in [0, 0.05) is 10.8 Å². The number of fused-ring (bicyclic) bond motifs is 1. The molecule has 1 aromatic heterocycles. The summed E-state index contributed by atoms with van der Waals surface area (Å²) in [5.74, 6) is -0.884. The molecule has 4 heteroatoms. The Bertz CT molecular complexity index is 589. The quantitative estimate of drug-likeness (QED) is 0.636. The molecule has 1 heterocycles. The lowest BCUT2D eigenvalue weighted by Crippen LogP contribution is -1.96. The molecule has 0 unspecified atom stereocenters. The van der Waals surface area contributed by atoms with Crippen molar-refractivity contribution in [3.8, 4) is 5.06 Å². The van der Waals surface area contributed by atoms with E-state index in [2.05, 4.69) is 6.92 Å². The topological polar surface area (TPSA) is 46.5 Å². The van der Waals surface area contributed by atoms with Gasteiger partial charge in [-0.3, -0.25) is 0 Å². The average molecular weight is 306 g/mol. The molecular formula is C17H22O3S. The largest absolute Gasteiger partial charge is 0.483 e. The Morgan fingerprint density at radius 2 is 1.76 bits per heavy atom. The fourth-order valence-corrected chi connectivity index (χ4v) is 3.37. The second-order valence-corrected chi connectivity index (χ2v) is 6.17. The summed E-state index contributed by atoms with van der Waals surface area (Å²) in [7, 11) is 0. The van der Waals surface area contributed by atoms with Crippen molar-refractivity contribution in [2.24, 2.45) is 0 Å². The van der Waals surface area contributed by atoms with Gasteiger partial charge in [-0.05, 0) is 12.5 Å². The molecule has 0 aliphatic rings. The van der Waals surface area contributed by atoms with Gasteiger partial charge in [0.25, 0.3) is 0 Å².